The number of carbonyl (C=O) groups is 2. The molecule has 3 heterocycles. The molecule has 3 saturated heterocycles. The van der Waals surface area contributed by atoms with Crippen LogP contribution in [0.1, 0.15) is 44.1 Å². The smallest absolute Gasteiger partial charge is 0.317 e. The zero-order valence-corrected chi connectivity index (χ0v) is 17.3. The van der Waals surface area contributed by atoms with Crippen LogP contribution in [0, 0.1) is 5.41 Å². The number of hydrogen-bond donors (Lipinski definition) is 1. The Morgan fingerprint density at radius 3 is 2.69 bits per heavy atom. The predicted molar refractivity (Wildman–Crippen MR) is 112 cm³/mol. The van der Waals surface area contributed by atoms with Crippen LogP contribution in [0.2, 0.25) is 0 Å². The van der Waals surface area contributed by atoms with E-state index in [2.05, 4.69) is 17.4 Å². The quantitative estimate of drug-likeness (QED) is 0.828. The maximum Gasteiger partial charge on any atom is 0.317 e. The monoisotopic (exact) mass is 399 g/mol. The van der Waals surface area contributed by atoms with Crippen LogP contribution in [0.4, 0.5) is 4.79 Å². The lowest BCUT2D eigenvalue weighted by molar-refractivity contribution is -0.140. The van der Waals surface area contributed by atoms with Crippen LogP contribution in [0.25, 0.3) is 0 Å². The van der Waals surface area contributed by atoms with Gasteiger partial charge in [0.1, 0.15) is 0 Å². The number of likely N-dealkylation sites (tertiary alicyclic amines) is 2. The van der Waals surface area contributed by atoms with E-state index in [0.717, 1.165) is 71.3 Å². The molecule has 0 aromatic heterocycles. The lowest BCUT2D eigenvalue weighted by Gasteiger charge is -2.47. The molecule has 3 amide bonds. The Balaban J connectivity index is 1.23. The van der Waals surface area contributed by atoms with Crippen molar-refractivity contribution in [1.29, 1.82) is 0 Å². The summed E-state index contributed by atoms with van der Waals surface area (Å²) in [7, 11) is 0. The molecule has 1 atom stereocenters. The van der Waals surface area contributed by atoms with Crippen molar-refractivity contribution in [2.24, 2.45) is 5.41 Å². The number of rotatable bonds is 5. The third kappa shape index (κ3) is 5.10. The minimum atomic E-state index is 0.0406. The number of hydrogen-bond acceptors (Lipinski definition) is 3. The van der Waals surface area contributed by atoms with E-state index in [1.54, 1.807) is 0 Å². The second-order valence-electron chi connectivity index (χ2n) is 8.86. The first kappa shape index (κ1) is 20.2. The van der Waals surface area contributed by atoms with Gasteiger partial charge < -0.3 is 19.9 Å². The summed E-state index contributed by atoms with van der Waals surface area (Å²) in [4.78, 5) is 28.9. The normalized spacial score (nSPS) is 24.1. The first-order valence-corrected chi connectivity index (χ1v) is 11.1. The number of ether oxygens (including phenoxy) is 1. The highest BCUT2D eigenvalue weighted by Crippen LogP contribution is 2.40. The van der Waals surface area contributed by atoms with Crippen LogP contribution in [-0.4, -0.2) is 67.2 Å². The van der Waals surface area contributed by atoms with Gasteiger partial charge in [-0.05, 0) is 49.5 Å². The molecule has 4 rings (SSSR count). The highest BCUT2D eigenvalue weighted by Gasteiger charge is 2.42. The molecule has 0 aliphatic carbocycles. The van der Waals surface area contributed by atoms with E-state index in [-0.39, 0.29) is 23.5 Å². The van der Waals surface area contributed by atoms with E-state index in [1.165, 1.54) is 5.56 Å². The van der Waals surface area contributed by atoms with Crippen LogP contribution in [0.5, 0.6) is 0 Å². The number of urea groups is 1. The Morgan fingerprint density at radius 1 is 1.17 bits per heavy atom. The van der Waals surface area contributed by atoms with Gasteiger partial charge in [0.2, 0.25) is 5.91 Å². The van der Waals surface area contributed by atoms with Crippen LogP contribution in [0.3, 0.4) is 0 Å². The molecule has 3 aliphatic rings. The van der Waals surface area contributed by atoms with Crippen molar-refractivity contribution in [2.45, 2.75) is 51.0 Å². The summed E-state index contributed by atoms with van der Waals surface area (Å²) >= 11 is 0. The van der Waals surface area contributed by atoms with Crippen LogP contribution >= 0.6 is 0 Å². The molecule has 158 valence electrons. The van der Waals surface area contributed by atoms with Crippen molar-refractivity contribution in [3.05, 3.63) is 35.9 Å². The van der Waals surface area contributed by atoms with E-state index in [1.807, 2.05) is 28.0 Å². The largest absolute Gasteiger partial charge is 0.376 e. The van der Waals surface area contributed by atoms with Gasteiger partial charge in [0.15, 0.2) is 0 Å². The van der Waals surface area contributed by atoms with Crippen molar-refractivity contribution in [1.82, 2.24) is 15.1 Å². The fourth-order valence-corrected chi connectivity index (χ4v) is 4.97. The number of amides is 3. The van der Waals surface area contributed by atoms with E-state index < -0.39 is 0 Å². The summed E-state index contributed by atoms with van der Waals surface area (Å²) in [5.74, 6) is 0.271. The SMILES string of the molecule is O=C1CCC2(CCN(C(=O)NCCc3ccccc3)CC2)CN1C[C@H]1CCCO1. The summed E-state index contributed by atoms with van der Waals surface area (Å²) in [6.07, 6.45) is 6.78. The number of benzene rings is 1. The molecule has 3 fully saturated rings. The lowest BCUT2D eigenvalue weighted by atomic mass is 9.72. The molecule has 29 heavy (non-hydrogen) atoms. The molecule has 0 bridgehead atoms. The number of piperidine rings is 2. The van der Waals surface area contributed by atoms with Crippen molar-refractivity contribution in [3.63, 3.8) is 0 Å². The Morgan fingerprint density at radius 2 is 1.97 bits per heavy atom. The molecule has 1 aromatic rings. The maximum absolute atomic E-state index is 12.5. The average Bonchev–Trinajstić information content (AvgIpc) is 3.25. The molecular formula is C23H33N3O3. The second-order valence-corrected chi connectivity index (χ2v) is 8.86. The highest BCUT2D eigenvalue weighted by molar-refractivity contribution is 5.77. The van der Waals surface area contributed by atoms with Crippen molar-refractivity contribution >= 4 is 11.9 Å². The average molecular weight is 400 g/mol. The summed E-state index contributed by atoms with van der Waals surface area (Å²) in [6.45, 7) is 4.61. The van der Waals surface area contributed by atoms with E-state index in [4.69, 9.17) is 4.74 Å². The summed E-state index contributed by atoms with van der Waals surface area (Å²) in [6, 6.07) is 10.3. The van der Waals surface area contributed by atoms with Gasteiger partial charge in [-0.15, -0.1) is 0 Å². The maximum atomic E-state index is 12.5. The summed E-state index contributed by atoms with van der Waals surface area (Å²) < 4.78 is 5.74. The number of nitrogens with one attached hydrogen (secondary N) is 1. The van der Waals surface area contributed by atoms with Gasteiger partial charge in [-0.2, -0.15) is 0 Å². The third-order valence-electron chi connectivity index (χ3n) is 6.84. The Labute approximate surface area is 173 Å². The van der Waals surface area contributed by atoms with Gasteiger partial charge in [0, 0.05) is 45.8 Å². The third-order valence-corrected chi connectivity index (χ3v) is 6.84. The van der Waals surface area contributed by atoms with E-state index in [0.29, 0.717) is 13.0 Å². The molecule has 0 radical (unpaired) electrons. The van der Waals surface area contributed by atoms with Crippen molar-refractivity contribution in [2.75, 3.05) is 39.3 Å². The van der Waals surface area contributed by atoms with Gasteiger partial charge in [-0.1, -0.05) is 30.3 Å². The fourth-order valence-electron chi connectivity index (χ4n) is 4.97. The van der Waals surface area contributed by atoms with Crippen molar-refractivity contribution < 1.29 is 14.3 Å². The highest BCUT2D eigenvalue weighted by atomic mass is 16.5. The van der Waals surface area contributed by atoms with Crippen LogP contribution < -0.4 is 5.32 Å². The Kier molecular flexibility index (Phi) is 6.38. The first-order valence-electron chi connectivity index (χ1n) is 11.1. The molecule has 1 N–H and O–H groups in total. The molecule has 3 aliphatic heterocycles. The molecule has 6 nitrogen and oxygen atoms in total. The van der Waals surface area contributed by atoms with Crippen molar-refractivity contribution in [3.8, 4) is 0 Å². The van der Waals surface area contributed by atoms with Gasteiger partial charge >= 0.3 is 6.03 Å². The zero-order chi connectivity index (χ0) is 20.1. The Hall–Kier alpha value is -2.08. The fraction of sp³-hybridized carbons (Fsp3) is 0.652. The molecule has 1 aromatic carbocycles. The number of carbonyl (C=O) groups excluding carboxylic acids is 2. The summed E-state index contributed by atoms with van der Waals surface area (Å²) in [5.41, 5.74) is 1.41. The van der Waals surface area contributed by atoms with Crippen LogP contribution in [-0.2, 0) is 16.0 Å². The zero-order valence-electron chi connectivity index (χ0n) is 17.3. The Bertz CT molecular complexity index is 695. The van der Waals surface area contributed by atoms with Gasteiger partial charge in [0.05, 0.1) is 6.10 Å². The van der Waals surface area contributed by atoms with Gasteiger partial charge in [-0.3, -0.25) is 4.79 Å². The first-order chi connectivity index (χ1) is 14.1. The molecule has 0 unspecified atom stereocenters. The predicted octanol–water partition coefficient (Wildman–Crippen LogP) is 2.82. The van der Waals surface area contributed by atoms with Gasteiger partial charge in [-0.25, -0.2) is 4.79 Å². The molecular weight excluding hydrogens is 366 g/mol. The standard InChI is InChI=1S/C23H33N3O3/c27-21-8-10-23(18-26(21)17-20-7-4-16-29-20)11-14-25(15-12-23)22(28)24-13-9-19-5-2-1-3-6-19/h1-3,5-6,20H,4,7-18H2,(H,24,28)/t20-/m1/s1. The molecule has 6 heteroatoms. The van der Waals surface area contributed by atoms with E-state index in [9.17, 15) is 9.59 Å². The topological polar surface area (TPSA) is 61.9 Å². The lowest BCUT2D eigenvalue weighted by Crippen LogP contribution is -2.54. The minimum absolute atomic E-state index is 0.0406. The van der Waals surface area contributed by atoms with Gasteiger partial charge in [0.25, 0.3) is 0 Å². The minimum Gasteiger partial charge on any atom is -0.376 e. The molecule has 1 spiro atoms. The second kappa shape index (κ2) is 9.16. The van der Waals surface area contributed by atoms with E-state index >= 15 is 0 Å². The summed E-state index contributed by atoms with van der Waals surface area (Å²) in [5, 5.41) is 3.06. The number of nitrogens with zero attached hydrogens (tertiary/aromatic N) is 2. The van der Waals surface area contributed by atoms with Crippen LogP contribution in [0.15, 0.2) is 30.3 Å². The molecule has 0 saturated carbocycles.